The van der Waals surface area contributed by atoms with E-state index in [-0.39, 0.29) is 30.9 Å². The molecule has 158 valence electrons. The number of nitrogens with zero attached hydrogens (tertiary/aromatic N) is 1. The lowest BCUT2D eigenvalue weighted by Crippen LogP contribution is -2.39. The molecular weight excluding hydrogens is 368 g/mol. The molecule has 2 aliphatic rings. The molecule has 2 amide bonds. The van der Waals surface area contributed by atoms with Crippen LogP contribution in [-0.2, 0) is 19.1 Å². The number of esters is 1. The van der Waals surface area contributed by atoms with E-state index in [4.69, 9.17) is 4.74 Å². The maximum absolute atomic E-state index is 12.6. The van der Waals surface area contributed by atoms with Crippen molar-refractivity contribution in [2.45, 2.75) is 70.8 Å². The van der Waals surface area contributed by atoms with Gasteiger partial charge in [0.15, 0.2) is 6.61 Å². The van der Waals surface area contributed by atoms with E-state index in [0.29, 0.717) is 12.5 Å². The molecule has 1 aromatic carbocycles. The molecule has 0 radical (unpaired) electrons. The van der Waals surface area contributed by atoms with Crippen LogP contribution in [0.1, 0.15) is 70.3 Å². The molecule has 1 heterocycles. The molecule has 2 atom stereocenters. The minimum atomic E-state index is -0.532. The van der Waals surface area contributed by atoms with Crippen LogP contribution in [-0.4, -0.2) is 37.0 Å². The van der Waals surface area contributed by atoms with Crippen LogP contribution in [0.3, 0.4) is 0 Å². The van der Waals surface area contributed by atoms with Gasteiger partial charge in [-0.25, -0.2) is 0 Å². The minimum Gasteiger partial charge on any atom is -0.455 e. The lowest BCUT2D eigenvalue weighted by molar-refractivity contribution is -0.152. The highest BCUT2D eigenvalue weighted by Gasteiger charge is 2.37. The molecule has 0 unspecified atom stereocenters. The quantitative estimate of drug-likeness (QED) is 0.710. The summed E-state index contributed by atoms with van der Waals surface area (Å²) in [7, 11) is 0. The van der Waals surface area contributed by atoms with E-state index in [0.717, 1.165) is 43.4 Å². The maximum atomic E-state index is 12.6. The third kappa shape index (κ3) is 5.37. The van der Waals surface area contributed by atoms with Crippen molar-refractivity contribution < 1.29 is 19.1 Å². The van der Waals surface area contributed by atoms with Crippen molar-refractivity contribution in [3.05, 3.63) is 29.8 Å². The molecule has 1 saturated heterocycles. The highest BCUT2D eigenvalue weighted by atomic mass is 16.5. The van der Waals surface area contributed by atoms with Gasteiger partial charge in [0.2, 0.25) is 5.91 Å². The lowest BCUT2D eigenvalue weighted by atomic mass is 9.95. The first-order valence-electron chi connectivity index (χ1n) is 10.8. The Kier molecular flexibility index (Phi) is 7.29. The Balaban J connectivity index is 1.54. The zero-order valence-corrected chi connectivity index (χ0v) is 17.5. The molecule has 6 nitrogen and oxygen atoms in total. The third-order valence-electron chi connectivity index (χ3n) is 6.15. The van der Waals surface area contributed by atoms with Gasteiger partial charge < -0.3 is 15.0 Å². The van der Waals surface area contributed by atoms with E-state index >= 15 is 0 Å². The number of carbonyl (C=O) groups excluding carboxylic acids is 3. The zero-order valence-electron chi connectivity index (χ0n) is 17.5. The topological polar surface area (TPSA) is 75.7 Å². The summed E-state index contributed by atoms with van der Waals surface area (Å²) in [6.45, 7) is 4.28. The van der Waals surface area contributed by atoms with Crippen molar-refractivity contribution in [2.75, 3.05) is 18.1 Å². The first-order chi connectivity index (χ1) is 14.0. The predicted octanol–water partition coefficient (Wildman–Crippen LogP) is 3.55. The SMILES string of the molecule is CC[C@@H](C)c1ccccc1N1C[C@H](C(=O)OCC(=O)NC2CCCCC2)CC1=O. The van der Waals surface area contributed by atoms with Crippen molar-refractivity contribution in [3.63, 3.8) is 0 Å². The minimum absolute atomic E-state index is 0.0747. The van der Waals surface area contributed by atoms with Gasteiger partial charge in [0.05, 0.1) is 5.92 Å². The van der Waals surface area contributed by atoms with Crippen LogP contribution in [0.25, 0.3) is 0 Å². The molecule has 0 aromatic heterocycles. The van der Waals surface area contributed by atoms with Crippen LogP contribution in [0.2, 0.25) is 0 Å². The first-order valence-corrected chi connectivity index (χ1v) is 10.8. The maximum Gasteiger partial charge on any atom is 0.311 e. The summed E-state index contributed by atoms with van der Waals surface area (Å²) in [5.74, 6) is -1.01. The number of anilines is 1. The number of rotatable bonds is 7. The lowest BCUT2D eigenvalue weighted by Gasteiger charge is -2.23. The molecule has 1 aliphatic heterocycles. The van der Waals surface area contributed by atoms with E-state index in [1.165, 1.54) is 6.42 Å². The average Bonchev–Trinajstić information content (AvgIpc) is 3.13. The second kappa shape index (κ2) is 9.90. The molecule has 1 saturated carbocycles. The van der Waals surface area contributed by atoms with Crippen LogP contribution >= 0.6 is 0 Å². The Morgan fingerprint density at radius 3 is 2.66 bits per heavy atom. The summed E-state index contributed by atoms with van der Waals surface area (Å²) in [5, 5.41) is 2.94. The third-order valence-corrected chi connectivity index (χ3v) is 6.15. The van der Waals surface area contributed by atoms with Gasteiger partial charge in [-0.3, -0.25) is 14.4 Å². The summed E-state index contributed by atoms with van der Waals surface area (Å²) >= 11 is 0. The Bertz CT molecular complexity index is 742. The molecule has 1 aromatic rings. The second-order valence-corrected chi connectivity index (χ2v) is 8.28. The van der Waals surface area contributed by atoms with Crippen molar-refractivity contribution in [3.8, 4) is 0 Å². The van der Waals surface area contributed by atoms with Crippen molar-refractivity contribution >= 4 is 23.5 Å². The van der Waals surface area contributed by atoms with Crippen LogP contribution in [0.5, 0.6) is 0 Å². The first kappa shape index (κ1) is 21.3. The van der Waals surface area contributed by atoms with Crippen molar-refractivity contribution in [1.29, 1.82) is 0 Å². The van der Waals surface area contributed by atoms with Gasteiger partial charge in [-0.15, -0.1) is 0 Å². The zero-order chi connectivity index (χ0) is 20.8. The molecule has 6 heteroatoms. The molecule has 1 aliphatic carbocycles. The smallest absolute Gasteiger partial charge is 0.311 e. The van der Waals surface area contributed by atoms with E-state index in [2.05, 4.69) is 19.2 Å². The number of amides is 2. The van der Waals surface area contributed by atoms with Gasteiger partial charge in [-0.05, 0) is 36.8 Å². The summed E-state index contributed by atoms with van der Waals surface area (Å²) in [4.78, 5) is 38.8. The van der Waals surface area contributed by atoms with Gasteiger partial charge in [-0.2, -0.15) is 0 Å². The fourth-order valence-corrected chi connectivity index (χ4v) is 4.24. The van der Waals surface area contributed by atoms with E-state index < -0.39 is 11.9 Å². The Labute approximate surface area is 173 Å². The monoisotopic (exact) mass is 400 g/mol. The van der Waals surface area contributed by atoms with E-state index in [1.54, 1.807) is 4.90 Å². The van der Waals surface area contributed by atoms with Gasteiger partial charge in [0, 0.05) is 24.7 Å². The number of hydrogen-bond acceptors (Lipinski definition) is 4. The fraction of sp³-hybridized carbons (Fsp3) is 0.609. The van der Waals surface area contributed by atoms with Gasteiger partial charge >= 0.3 is 5.97 Å². The normalized spacial score (nSPS) is 21.1. The van der Waals surface area contributed by atoms with Crippen LogP contribution in [0.4, 0.5) is 5.69 Å². The molecule has 29 heavy (non-hydrogen) atoms. The average molecular weight is 401 g/mol. The van der Waals surface area contributed by atoms with Gasteiger partial charge in [0.1, 0.15) is 0 Å². The summed E-state index contributed by atoms with van der Waals surface area (Å²) in [6, 6.07) is 8.05. The Morgan fingerprint density at radius 2 is 1.93 bits per heavy atom. The number of carbonyl (C=O) groups is 3. The van der Waals surface area contributed by atoms with Gasteiger partial charge in [-0.1, -0.05) is 51.3 Å². The van der Waals surface area contributed by atoms with Crippen molar-refractivity contribution in [2.24, 2.45) is 5.92 Å². The van der Waals surface area contributed by atoms with E-state index in [1.807, 2.05) is 24.3 Å². The van der Waals surface area contributed by atoms with Crippen molar-refractivity contribution in [1.82, 2.24) is 5.32 Å². The molecular formula is C23H32N2O4. The van der Waals surface area contributed by atoms with Gasteiger partial charge in [0.25, 0.3) is 5.91 Å². The fourth-order valence-electron chi connectivity index (χ4n) is 4.24. The largest absolute Gasteiger partial charge is 0.455 e. The summed E-state index contributed by atoms with van der Waals surface area (Å²) in [6.07, 6.45) is 6.54. The predicted molar refractivity (Wildman–Crippen MR) is 112 cm³/mol. The molecule has 0 bridgehead atoms. The number of ether oxygens (including phenoxy) is 1. The summed E-state index contributed by atoms with van der Waals surface area (Å²) < 4.78 is 5.23. The molecule has 0 spiro atoms. The number of para-hydroxylation sites is 1. The van der Waals surface area contributed by atoms with Crippen LogP contribution < -0.4 is 10.2 Å². The number of benzene rings is 1. The number of hydrogen-bond donors (Lipinski definition) is 1. The summed E-state index contributed by atoms with van der Waals surface area (Å²) in [5.41, 5.74) is 1.99. The van der Waals surface area contributed by atoms with Crippen LogP contribution in [0.15, 0.2) is 24.3 Å². The molecule has 1 N–H and O–H groups in total. The Hall–Kier alpha value is -2.37. The molecule has 2 fully saturated rings. The van der Waals surface area contributed by atoms with Crippen LogP contribution in [0, 0.1) is 5.92 Å². The standard InChI is InChI=1S/C23H32N2O4/c1-3-16(2)19-11-7-8-12-20(19)25-14-17(13-22(25)27)23(28)29-15-21(26)24-18-9-5-4-6-10-18/h7-8,11-12,16-18H,3-6,9-10,13-15H2,1-2H3,(H,24,26)/t16-,17-/m1/s1. The number of nitrogens with one attached hydrogen (secondary N) is 1. The molecule has 3 rings (SSSR count). The highest BCUT2D eigenvalue weighted by molar-refractivity contribution is 6.00. The Morgan fingerprint density at radius 1 is 1.21 bits per heavy atom. The highest BCUT2D eigenvalue weighted by Crippen LogP contribution is 2.33. The van der Waals surface area contributed by atoms with E-state index in [9.17, 15) is 14.4 Å². The second-order valence-electron chi connectivity index (χ2n) is 8.28.